The molecule has 0 amide bonds. The van der Waals surface area contributed by atoms with E-state index in [-0.39, 0.29) is 32.1 Å². The molecule has 1 heterocycles. The minimum Gasteiger partial charge on any atom is -0.486 e. The first kappa shape index (κ1) is 19.8. The highest BCUT2D eigenvalue weighted by molar-refractivity contribution is 7.59. The smallest absolute Gasteiger partial charge is 0.222 e. The number of hydrogen-bond donors (Lipinski definition) is 3. The molecule has 0 unspecified atom stereocenters. The quantitative estimate of drug-likeness (QED) is 0.556. The van der Waals surface area contributed by atoms with Crippen LogP contribution in [0.25, 0.3) is 0 Å². The van der Waals surface area contributed by atoms with Crippen molar-refractivity contribution in [1.82, 2.24) is 9.97 Å². The Morgan fingerprint density at radius 3 is 2.76 bits per heavy atom. The van der Waals surface area contributed by atoms with Crippen LogP contribution in [0.15, 0.2) is 6.20 Å². The van der Waals surface area contributed by atoms with Gasteiger partial charge in [-0.05, 0) is 12.8 Å². The Labute approximate surface area is 132 Å². The molecule has 0 fully saturated rings. The van der Waals surface area contributed by atoms with E-state index in [1.54, 1.807) is 13.3 Å². The Balaban J connectivity index is 0.00000400. The third kappa shape index (κ3) is 7.35. The highest BCUT2D eigenvalue weighted by Gasteiger charge is 2.13. The third-order valence-electron chi connectivity index (χ3n) is 2.77. The zero-order valence-corrected chi connectivity index (χ0v) is 13.6. The van der Waals surface area contributed by atoms with Crippen molar-refractivity contribution in [3.63, 3.8) is 0 Å². The van der Waals surface area contributed by atoms with Crippen molar-refractivity contribution in [1.29, 1.82) is 0 Å². The van der Waals surface area contributed by atoms with Gasteiger partial charge in [0.15, 0.2) is 11.6 Å². The summed E-state index contributed by atoms with van der Waals surface area (Å²) in [5.74, 6) is 1.28. The van der Waals surface area contributed by atoms with Crippen molar-refractivity contribution in [2.24, 2.45) is 0 Å². The highest BCUT2D eigenvalue weighted by atomic mass is 32.1. The van der Waals surface area contributed by atoms with E-state index in [0.29, 0.717) is 31.2 Å². The van der Waals surface area contributed by atoms with Crippen molar-refractivity contribution < 1.29 is 14.6 Å². The number of nitrogens with one attached hydrogen (secondary N) is 1. The van der Waals surface area contributed by atoms with Crippen molar-refractivity contribution in [2.75, 3.05) is 38.0 Å². The lowest BCUT2D eigenvalue weighted by Crippen LogP contribution is -2.22. The molecular formula is C13H26N4O3S. The number of methoxy groups -OCH3 is 1. The Kier molecular flexibility index (Phi) is 10.7. The van der Waals surface area contributed by atoms with Crippen molar-refractivity contribution in [3.8, 4) is 5.75 Å². The number of ether oxygens (including phenoxy) is 2. The number of rotatable bonds is 10. The van der Waals surface area contributed by atoms with E-state index in [1.807, 2.05) is 0 Å². The van der Waals surface area contributed by atoms with E-state index in [9.17, 15) is 0 Å². The van der Waals surface area contributed by atoms with E-state index in [1.165, 1.54) is 0 Å². The van der Waals surface area contributed by atoms with Gasteiger partial charge in [0.2, 0.25) is 5.95 Å². The second-order valence-electron chi connectivity index (χ2n) is 4.42. The number of aromatic nitrogens is 2. The molecule has 7 nitrogen and oxygen atoms in total. The first-order valence-corrected chi connectivity index (χ1v) is 6.82. The summed E-state index contributed by atoms with van der Waals surface area (Å²) in [6, 6.07) is 0.129. The number of hydrogen-bond acceptors (Lipinski definition) is 7. The second-order valence-corrected chi connectivity index (χ2v) is 4.42. The van der Waals surface area contributed by atoms with Crippen LogP contribution >= 0.6 is 13.5 Å². The second kappa shape index (κ2) is 11.4. The van der Waals surface area contributed by atoms with Gasteiger partial charge in [0, 0.05) is 19.8 Å². The summed E-state index contributed by atoms with van der Waals surface area (Å²) in [6.45, 7) is 3.12. The first-order valence-electron chi connectivity index (χ1n) is 6.82. The molecule has 1 rings (SSSR count). The molecule has 0 aliphatic carbocycles. The van der Waals surface area contributed by atoms with Gasteiger partial charge in [-0.1, -0.05) is 13.3 Å². The normalized spacial score (nSPS) is 11.6. The van der Waals surface area contributed by atoms with E-state index < -0.39 is 0 Å². The summed E-state index contributed by atoms with van der Waals surface area (Å²) >= 11 is 0. The van der Waals surface area contributed by atoms with Crippen LogP contribution < -0.4 is 15.8 Å². The molecule has 0 saturated heterocycles. The summed E-state index contributed by atoms with van der Waals surface area (Å²) in [4.78, 5) is 8.09. The van der Waals surface area contributed by atoms with E-state index in [4.69, 9.17) is 20.3 Å². The molecule has 0 radical (unpaired) electrons. The maximum absolute atomic E-state index is 9.09. The zero-order valence-electron chi connectivity index (χ0n) is 12.6. The summed E-state index contributed by atoms with van der Waals surface area (Å²) < 4.78 is 10.5. The van der Waals surface area contributed by atoms with Crippen LogP contribution in [0.4, 0.5) is 11.8 Å². The monoisotopic (exact) mass is 318 g/mol. The fraction of sp³-hybridized carbons (Fsp3) is 0.692. The predicted molar refractivity (Wildman–Crippen MR) is 88.2 cm³/mol. The molecule has 0 aromatic carbocycles. The lowest BCUT2D eigenvalue weighted by Gasteiger charge is -2.19. The summed E-state index contributed by atoms with van der Waals surface area (Å²) in [6.07, 6.45) is 4.14. The molecule has 122 valence electrons. The van der Waals surface area contributed by atoms with Crippen LogP contribution in [-0.2, 0) is 4.74 Å². The molecule has 1 atom stereocenters. The van der Waals surface area contributed by atoms with E-state index in [0.717, 1.165) is 12.8 Å². The van der Waals surface area contributed by atoms with E-state index >= 15 is 0 Å². The van der Waals surface area contributed by atoms with Gasteiger partial charge in [-0.3, -0.25) is 0 Å². The molecule has 1 aromatic heterocycles. The maximum Gasteiger partial charge on any atom is 0.222 e. The van der Waals surface area contributed by atoms with Gasteiger partial charge in [-0.15, -0.1) is 0 Å². The summed E-state index contributed by atoms with van der Waals surface area (Å²) in [7, 11) is 1.61. The molecule has 0 bridgehead atoms. The molecule has 1 aromatic rings. The average molecular weight is 318 g/mol. The Morgan fingerprint density at radius 1 is 1.38 bits per heavy atom. The van der Waals surface area contributed by atoms with E-state index in [2.05, 4.69) is 22.2 Å². The average Bonchev–Trinajstić information content (AvgIpc) is 2.42. The fourth-order valence-corrected chi connectivity index (χ4v) is 1.81. The molecule has 4 N–H and O–H groups in total. The van der Waals surface area contributed by atoms with Gasteiger partial charge in [-0.2, -0.15) is 18.5 Å². The van der Waals surface area contributed by atoms with Crippen LogP contribution in [0.2, 0.25) is 0 Å². The largest absolute Gasteiger partial charge is 0.486 e. The minimum atomic E-state index is 0. The van der Waals surface area contributed by atoms with Gasteiger partial charge in [-0.25, -0.2) is 4.98 Å². The SMILES string of the molecule is CCC[C@@H](CCO)Nc1nc(N)ncc1OCCOC.S. The molecule has 0 spiro atoms. The first-order chi connectivity index (χ1) is 9.71. The van der Waals surface area contributed by atoms with Gasteiger partial charge >= 0.3 is 0 Å². The van der Waals surface area contributed by atoms with Crippen LogP contribution in [-0.4, -0.2) is 48.0 Å². The van der Waals surface area contributed by atoms with Crippen LogP contribution in [0.1, 0.15) is 26.2 Å². The van der Waals surface area contributed by atoms with Crippen LogP contribution in [0.5, 0.6) is 5.75 Å². The zero-order chi connectivity index (χ0) is 14.8. The number of anilines is 2. The minimum absolute atomic E-state index is 0. The van der Waals surface area contributed by atoms with Gasteiger partial charge in [0.1, 0.15) is 6.61 Å². The Hall–Kier alpha value is -1.25. The topological polar surface area (TPSA) is 103 Å². The van der Waals surface area contributed by atoms with Crippen LogP contribution in [0, 0.1) is 0 Å². The van der Waals surface area contributed by atoms with Crippen molar-refractivity contribution in [3.05, 3.63) is 6.20 Å². The van der Waals surface area contributed by atoms with Gasteiger partial charge in [0.05, 0.1) is 12.8 Å². The molecule has 0 saturated carbocycles. The lowest BCUT2D eigenvalue weighted by atomic mass is 10.1. The van der Waals surface area contributed by atoms with Crippen LogP contribution in [0.3, 0.4) is 0 Å². The van der Waals surface area contributed by atoms with Crippen molar-refractivity contribution >= 4 is 25.3 Å². The third-order valence-corrected chi connectivity index (χ3v) is 2.77. The fourth-order valence-electron chi connectivity index (χ4n) is 1.81. The number of aliphatic hydroxyl groups excluding tert-OH is 1. The molecule has 0 aliphatic heterocycles. The number of aliphatic hydroxyl groups is 1. The summed E-state index contributed by atoms with van der Waals surface area (Å²) in [5.41, 5.74) is 5.61. The standard InChI is InChI=1S/C13H24N4O3.H2S/c1-3-4-10(5-6-18)16-12-11(20-8-7-19-2)9-15-13(14)17-12;/h9-10,18H,3-8H2,1-2H3,(H3,14,15,16,17);1H2/t10-;/m0./s1. The molecule has 21 heavy (non-hydrogen) atoms. The predicted octanol–water partition coefficient (Wildman–Crippen LogP) is 1.16. The lowest BCUT2D eigenvalue weighted by molar-refractivity contribution is 0.146. The molecular weight excluding hydrogens is 292 g/mol. The van der Waals surface area contributed by atoms with Gasteiger partial charge in [0.25, 0.3) is 0 Å². The number of nitrogens with zero attached hydrogens (tertiary/aromatic N) is 2. The molecule has 8 heteroatoms. The van der Waals surface area contributed by atoms with Gasteiger partial charge < -0.3 is 25.6 Å². The Bertz CT molecular complexity index is 390. The number of nitrogen functional groups attached to an aromatic ring is 1. The maximum atomic E-state index is 9.09. The summed E-state index contributed by atoms with van der Waals surface area (Å²) in [5, 5.41) is 12.4. The Morgan fingerprint density at radius 2 is 2.14 bits per heavy atom. The van der Waals surface area contributed by atoms with Crippen molar-refractivity contribution in [2.45, 2.75) is 32.2 Å². The number of nitrogens with two attached hydrogens (primary N) is 1. The highest BCUT2D eigenvalue weighted by Crippen LogP contribution is 2.23. The molecule has 0 aliphatic rings.